The van der Waals surface area contributed by atoms with Crippen LogP contribution in [0.25, 0.3) is 0 Å². The Morgan fingerprint density at radius 1 is 1.54 bits per heavy atom. The zero-order chi connectivity index (χ0) is 9.68. The molecular formula is C9H18N4. The van der Waals surface area contributed by atoms with Crippen molar-refractivity contribution in [3.8, 4) is 0 Å². The molecule has 0 aliphatic rings. The van der Waals surface area contributed by atoms with E-state index in [1.165, 1.54) is 0 Å². The average molecular weight is 182 g/mol. The van der Waals surface area contributed by atoms with E-state index in [4.69, 9.17) is 0 Å². The Hall–Kier alpha value is -1.03. The van der Waals surface area contributed by atoms with Crippen LogP contribution in [-0.2, 0) is 7.05 Å². The summed E-state index contributed by atoms with van der Waals surface area (Å²) in [6.45, 7) is 4.22. The minimum atomic E-state index is 0.630. The van der Waals surface area contributed by atoms with Crippen LogP contribution in [0, 0.1) is 5.92 Å². The van der Waals surface area contributed by atoms with Gasteiger partial charge in [0.05, 0.1) is 11.9 Å². The van der Waals surface area contributed by atoms with Crippen LogP contribution in [0.1, 0.15) is 6.92 Å². The lowest BCUT2D eigenvalue weighted by molar-refractivity contribution is 0.569. The van der Waals surface area contributed by atoms with Crippen molar-refractivity contribution in [3.63, 3.8) is 0 Å². The van der Waals surface area contributed by atoms with Gasteiger partial charge in [-0.05, 0) is 19.5 Å². The van der Waals surface area contributed by atoms with E-state index in [-0.39, 0.29) is 0 Å². The van der Waals surface area contributed by atoms with Gasteiger partial charge in [0.25, 0.3) is 0 Å². The highest BCUT2D eigenvalue weighted by Crippen LogP contribution is 2.04. The first kappa shape index (κ1) is 10.1. The lowest BCUT2D eigenvalue weighted by atomic mass is 10.2. The molecule has 1 rings (SSSR count). The summed E-state index contributed by atoms with van der Waals surface area (Å²) in [6.07, 6.45) is 3.82. The molecule has 1 atom stereocenters. The second-order valence-corrected chi connectivity index (χ2v) is 3.45. The highest BCUT2D eigenvalue weighted by atomic mass is 15.3. The van der Waals surface area contributed by atoms with E-state index in [1.54, 1.807) is 4.68 Å². The third-order valence-corrected chi connectivity index (χ3v) is 1.91. The second kappa shape index (κ2) is 4.87. The molecule has 0 aliphatic heterocycles. The van der Waals surface area contributed by atoms with Crippen LogP contribution in [0.4, 0.5) is 5.69 Å². The van der Waals surface area contributed by atoms with E-state index in [1.807, 2.05) is 26.5 Å². The fourth-order valence-corrected chi connectivity index (χ4v) is 1.23. The monoisotopic (exact) mass is 182 g/mol. The SMILES string of the molecule is CNCC(C)CNc1cnn(C)c1. The summed E-state index contributed by atoms with van der Waals surface area (Å²) < 4.78 is 1.80. The molecule has 0 aliphatic carbocycles. The molecule has 4 nitrogen and oxygen atoms in total. The molecule has 0 bridgehead atoms. The molecule has 1 heterocycles. The van der Waals surface area contributed by atoms with Gasteiger partial charge in [-0.3, -0.25) is 4.68 Å². The normalized spacial score (nSPS) is 12.8. The van der Waals surface area contributed by atoms with Crippen molar-refractivity contribution >= 4 is 5.69 Å². The number of anilines is 1. The van der Waals surface area contributed by atoms with E-state index >= 15 is 0 Å². The van der Waals surface area contributed by atoms with Crippen LogP contribution in [0.15, 0.2) is 12.4 Å². The number of rotatable bonds is 5. The van der Waals surface area contributed by atoms with Gasteiger partial charge in [-0.1, -0.05) is 6.92 Å². The molecule has 0 spiro atoms. The Labute approximate surface area is 79.3 Å². The largest absolute Gasteiger partial charge is 0.382 e. The van der Waals surface area contributed by atoms with E-state index in [0.29, 0.717) is 5.92 Å². The predicted molar refractivity (Wildman–Crippen MR) is 54.8 cm³/mol. The predicted octanol–water partition coefficient (Wildman–Crippen LogP) is 0.687. The van der Waals surface area contributed by atoms with Crippen LogP contribution in [0.3, 0.4) is 0 Å². The summed E-state index contributed by atoms with van der Waals surface area (Å²) in [4.78, 5) is 0. The molecule has 0 saturated carbocycles. The summed E-state index contributed by atoms with van der Waals surface area (Å²) in [6, 6.07) is 0. The average Bonchev–Trinajstić information content (AvgIpc) is 2.49. The number of hydrogen-bond acceptors (Lipinski definition) is 3. The van der Waals surface area contributed by atoms with Gasteiger partial charge in [0.15, 0.2) is 0 Å². The third-order valence-electron chi connectivity index (χ3n) is 1.91. The van der Waals surface area contributed by atoms with Crippen molar-refractivity contribution < 1.29 is 0 Å². The van der Waals surface area contributed by atoms with Crippen molar-refractivity contribution in [1.82, 2.24) is 15.1 Å². The second-order valence-electron chi connectivity index (χ2n) is 3.45. The third kappa shape index (κ3) is 3.46. The van der Waals surface area contributed by atoms with Gasteiger partial charge < -0.3 is 10.6 Å². The standard InChI is InChI=1S/C9H18N4/c1-8(4-10-2)5-11-9-6-12-13(3)7-9/h6-8,10-11H,4-5H2,1-3H3. The van der Waals surface area contributed by atoms with Gasteiger partial charge in [-0.25, -0.2) is 0 Å². The van der Waals surface area contributed by atoms with Gasteiger partial charge in [-0.2, -0.15) is 5.10 Å². The number of nitrogens with zero attached hydrogens (tertiary/aromatic N) is 2. The molecule has 0 radical (unpaired) electrons. The molecule has 0 amide bonds. The van der Waals surface area contributed by atoms with Crippen LogP contribution in [0.2, 0.25) is 0 Å². The maximum Gasteiger partial charge on any atom is 0.0726 e. The van der Waals surface area contributed by atoms with E-state index < -0.39 is 0 Å². The summed E-state index contributed by atoms with van der Waals surface area (Å²) in [5.74, 6) is 0.630. The quantitative estimate of drug-likeness (QED) is 0.704. The molecule has 1 aromatic heterocycles. The molecule has 1 unspecified atom stereocenters. The molecule has 1 aromatic rings. The summed E-state index contributed by atoms with van der Waals surface area (Å²) in [5, 5.41) is 10.6. The van der Waals surface area contributed by atoms with Crippen LogP contribution in [0.5, 0.6) is 0 Å². The fraction of sp³-hybridized carbons (Fsp3) is 0.667. The lowest BCUT2D eigenvalue weighted by Crippen LogP contribution is -2.22. The van der Waals surface area contributed by atoms with Crippen LogP contribution < -0.4 is 10.6 Å². The highest BCUT2D eigenvalue weighted by Gasteiger charge is 2.00. The van der Waals surface area contributed by atoms with Gasteiger partial charge in [0.2, 0.25) is 0 Å². The first-order chi connectivity index (χ1) is 6.22. The van der Waals surface area contributed by atoms with Gasteiger partial charge in [0.1, 0.15) is 0 Å². The number of hydrogen-bond donors (Lipinski definition) is 2. The van der Waals surface area contributed by atoms with E-state index in [9.17, 15) is 0 Å². The Morgan fingerprint density at radius 3 is 2.85 bits per heavy atom. The molecule has 0 saturated heterocycles. The van der Waals surface area contributed by atoms with Gasteiger partial charge in [-0.15, -0.1) is 0 Å². The van der Waals surface area contributed by atoms with Crippen molar-refractivity contribution in [3.05, 3.63) is 12.4 Å². The Kier molecular flexibility index (Phi) is 3.76. The van der Waals surface area contributed by atoms with Gasteiger partial charge >= 0.3 is 0 Å². The molecule has 13 heavy (non-hydrogen) atoms. The molecule has 0 aromatic carbocycles. The van der Waals surface area contributed by atoms with Gasteiger partial charge in [0, 0.05) is 19.8 Å². The summed E-state index contributed by atoms with van der Waals surface area (Å²) in [5.41, 5.74) is 1.09. The minimum Gasteiger partial charge on any atom is -0.382 e. The molecule has 0 fully saturated rings. The Bertz CT molecular complexity index is 244. The zero-order valence-electron chi connectivity index (χ0n) is 8.54. The Morgan fingerprint density at radius 2 is 2.31 bits per heavy atom. The lowest BCUT2D eigenvalue weighted by Gasteiger charge is -2.11. The van der Waals surface area contributed by atoms with Crippen molar-refractivity contribution in [2.45, 2.75) is 6.92 Å². The summed E-state index contributed by atoms with van der Waals surface area (Å²) >= 11 is 0. The molecular weight excluding hydrogens is 164 g/mol. The first-order valence-corrected chi connectivity index (χ1v) is 4.59. The highest BCUT2D eigenvalue weighted by molar-refractivity contribution is 5.37. The summed E-state index contributed by atoms with van der Waals surface area (Å²) in [7, 11) is 3.89. The van der Waals surface area contributed by atoms with Crippen molar-refractivity contribution in [2.75, 3.05) is 25.5 Å². The number of aromatic nitrogens is 2. The molecule has 4 heteroatoms. The maximum atomic E-state index is 4.08. The number of nitrogens with one attached hydrogen (secondary N) is 2. The van der Waals surface area contributed by atoms with Crippen molar-refractivity contribution in [2.24, 2.45) is 13.0 Å². The van der Waals surface area contributed by atoms with Crippen LogP contribution in [-0.4, -0.2) is 29.9 Å². The smallest absolute Gasteiger partial charge is 0.0726 e. The first-order valence-electron chi connectivity index (χ1n) is 4.59. The van der Waals surface area contributed by atoms with E-state index in [0.717, 1.165) is 18.8 Å². The fourth-order valence-electron chi connectivity index (χ4n) is 1.23. The van der Waals surface area contributed by atoms with Crippen molar-refractivity contribution in [1.29, 1.82) is 0 Å². The minimum absolute atomic E-state index is 0.630. The van der Waals surface area contributed by atoms with Crippen LogP contribution >= 0.6 is 0 Å². The topological polar surface area (TPSA) is 41.9 Å². The zero-order valence-corrected chi connectivity index (χ0v) is 8.54. The number of aryl methyl sites for hydroxylation is 1. The van der Waals surface area contributed by atoms with E-state index in [2.05, 4.69) is 22.7 Å². The Balaban J connectivity index is 2.26. The molecule has 74 valence electrons. The maximum absolute atomic E-state index is 4.08. The molecule has 2 N–H and O–H groups in total.